The lowest BCUT2D eigenvalue weighted by Gasteiger charge is -2.18. The molecule has 3 amide bonds. The molecule has 1 heterocycles. The molecule has 120 valence electrons. The van der Waals surface area contributed by atoms with Crippen molar-refractivity contribution in [2.24, 2.45) is 0 Å². The Labute approximate surface area is 130 Å². The van der Waals surface area contributed by atoms with Crippen LogP contribution in [0.2, 0.25) is 0 Å². The van der Waals surface area contributed by atoms with Gasteiger partial charge in [-0.3, -0.25) is 4.79 Å². The van der Waals surface area contributed by atoms with Crippen LogP contribution < -0.4 is 10.6 Å². The van der Waals surface area contributed by atoms with Crippen molar-refractivity contribution in [3.8, 4) is 0 Å². The number of nitrogens with one attached hydrogen (secondary N) is 2. The fraction of sp³-hybridized carbons (Fsp3) is 0.500. The third-order valence-corrected chi connectivity index (χ3v) is 3.75. The van der Waals surface area contributed by atoms with Crippen LogP contribution in [0.25, 0.3) is 0 Å². The van der Waals surface area contributed by atoms with E-state index >= 15 is 0 Å². The van der Waals surface area contributed by atoms with Gasteiger partial charge in [0.25, 0.3) is 0 Å². The van der Waals surface area contributed by atoms with Gasteiger partial charge in [0.15, 0.2) is 0 Å². The largest absolute Gasteiger partial charge is 0.394 e. The Morgan fingerprint density at radius 3 is 2.73 bits per heavy atom. The van der Waals surface area contributed by atoms with Crippen molar-refractivity contribution in [3.05, 3.63) is 35.9 Å². The number of amides is 3. The molecule has 0 aliphatic carbocycles. The highest BCUT2D eigenvalue weighted by atomic mass is 16.3. The molecule has 6 heteroatoms. The minimum absolute atomic E-state index is 0.153. The van der Waals surface area contributed by atoms with Crippen molar-refractivity contribution < 1.29 is 14.7 Å². The van der Waals surface area contributed by atoms with Crippen LogP contribution in [-0.2, 0) is 4.79 Å². The number of hydrogen-bond acceptors (Lipinski definition) is 3. The summed E-state index contributed by atoms with van der Waals surface area (Å²) < 4.78 is 0. The molecule has 1 aromatic carbocycles. The molecule has 22 heavy (non-hydrogen) atoms. The molecule has 3 N–H and O–H groups in total. The van der Waals surface area contributed by atoms with E-state index < -0.39 is 6.04 Å². The molecule has 1 saturated heterocycles. The number of aliphatic hydroxyl groups is 1. The van der Waals surface area contributed by atoms with E-state index in [4.69, 9.17) is 0 Å². The Hall–Kier alpha value is -2.08. The standard InChI is InChI=1S/C16H23N3O3/c20-12-14(13-6-2-1-3-7-13)18-16(22)17-9-5-11-19-10-4-8-15(19)21/h1-3,6-7,14,20H,4-5,8-12H2,(H2,17,18,22). The topological polar surface area (TPSA) is 81.7 Å². The SMILES string of the molecule is O=C(NCCCN1CCCC1=O)NC(CO)c1ccccc1. The molecular formula is C16H23N3O3. The lowest BCUT2D eigenvalue weighted by molar-refractivity contribution is -0.127. The highest BCUT2D eigenvalue weighted by molar-refractivity contribution is 5.78. The van der Waals surface area contributed by atoms with Crippen LogP contribution in [0, 0.1) is 0 Å². The van der Waals surface area contributed by atoms with E-state index in [1.165, 1.54) is 0 Å². The summed E-state index contributed by atoms with van der Waals surface area (Å²) in [6, 6.07) is 8.62. The summed E-state index contributed by atoms with van der Waals surface area (Å²) in [5.74, 6) is 0.203. The average Bonchev–Trinajstić information content (AvgIpc) is 2.95. The Bertz CT molecular complexity index is 493. The van der Waals surface area contributed by atoms with Crippen LogP contribution >= 0.6 is 0 Å². The Morgan fingerprint density at radius 1 is 1.32 bits per heavy atom. The highest BCUT2D eigenvalue weighted by Gasteiger charge is 2.19. The number of rotatable bonds is 7. The maximum atomic E-state index is 11.8. The predicted octanol–water partition coefficient (Wildman–Crippen LogP) is 1.03. The van der Waals surface area contributed by atoms with Gasteiger partial charge in [0.1, 0.15) is 0 Å². The van der Waals surface area contributed by atoms with Gasteiger partial charge in [0, 0.05) is 26.1 Å². The highest BCUT2D eigenvalue weighted by Crippen LogP contribution is 2.11. The van der Waals surface area contributed by atoms with Crippen molar-refractivity contribution in [2.45, 2.75) is 25.3 Å². The molecule has 1 atom stereocenters. The van der Waals surface area contributed by atoms with Crippen molar-refractivity contribution in [1.29, 1.82) is 0 Å². The van der Waals surface area contributed by atoms with E-state index in [0.717, 1.165) is 24.9 Å². The Balaban J connectivity index is 1.67. The number of aliphatic hydroxyl groups excluding tert-OH is 1. The average molecular weight is 305 g/mol. The van der Waals surface area contributed by atoms with E-state index in [9.17, 15) is 14.7 Å². The van der Waals surface area contributed by atoms with E-state index in [1.807, 2.05) is 35.2 Å². The van der Waals surface area contributed by atoms with Crippen LogP contribution in [-0.4, -0.2) is 48.2 Å². The smallest absolute Gasteiger partial charge is 0.315 e. The molecule has 1 aliphatic rings. The van der Waals surface area contributed by atoms with Crippen molar-refractivity contribution >= 4 is 11.9 Å². The molecule has 0 bridgehead atoms. The van der Waals surface area contributed by atoms with E-state index in [1.54, 1.807) is 0 Å². The monoisotopic (exact) mass is 305 g/mol. The second-order valence-corrected chi connectivity index (χ2v) is 5.38. The third-order valence-electron chi connectivity index (χ3n) is 3.75. The predicted molar refractivity (Wildman–Crippen MR) is 83.2 cm³/mol. The first-order valence-electron chi connectivity index (χ1n) is 7.68. The number of urea groups is 1. The summed E-state index contributed by atoms with van der Waals surface area (Å²) in [6.07, 6.45) is 2.31. The molecule has 0 spiro atoms. The van der Waals surface area contributed by atoms with Gasteiger partial charge in [0.05, 0.1) is 12.6 Å². The third kappa shape index (κ3) is 4.73. The van der Waals surface area contributed by atoms with E-state index in [-0.39, 0.29) is 18.5 Å². The first-order chi connectivity index (χ1) is 10.7. The number of benzene rings is 1. The lowest BCUT2D eigenvalue weighted by atomic mass is 10.1. The van der Waals surface area contributed by atoms with Gasteiger partial charge in [-0.2, -0.15) is 0 Å². The quantitative estimate of drug-likeness (QED) is 0.658. The fourth-order valence-corrected chi connectivity index (χ4v) is 2.54. The maximum Gasteiger partial charge on any atom is 0.315 e. The van der Waals surface area contributed by atoms with Crippen molar-refractivity contribution in [2.75, 3.05) is 26.2 Å². The zero-order valence-corrected chi connectivity index (χ0v) is 12.6. The summed E-state index contributed by atoms with van der Waals surface area (Å²) in [6.45, 7) is 1.86. The summed E-state index contributed by atoms with van der Waals surface area (Å²) in [5, 5.41) is 14.9. The van der Waals surface area contributed by atoms with Gasteiger partial charge in [-0.25, -0.2) is 4.79 Å². The van der Waals surface area contributed by atoms with Gasteiger partial charge in [-0.05, 0) is 18.4 Å². The van der Waals surface area contributed by atoms with Crippen LogP contribution in [0.15, 0.2) is 30.3 Å². The lowest BCUT2D eigenvalue weighted by Crippen LogP contribution is -2.40. The Kier molecular flexibility index (Phi) is 6.21. The molecule has 2 rings (SSSR count). The first kappa shape index (κ1) is 16.3. The second kappa shape index (κ2) is 8.38. The molecule has 0 radical (unpaired) electrons. The molecule has 1 fully saturated rings. The van der Waals surface area contributed by atoms with Gasteiger partial charge in [0.2, 0.25) is 5.91 Å². The molecule has 6 nitrogen and oxygen atoms in total. The molecule has 1 aromatic rings. The zero-order valence-electron chi connectivity index (χ0n) is 12.6. The summed E-state index contributed by atoms with van der Waals surface area (Å²) in [5.41, 5.74) is 0.864. The van der Waals surface area contributed by atoms with E-state index in [0.29, 0.717) is 19.5 Å². The molecule has 1 aliphatic heterocycles. The maximum absolute atomic E-state index is 11.8. The minimum atomic E-state index is -0.415. The normalized spacial score (nSPS) is 15.7. The van der Waals surface area contributed by atoms with Crippen LogP contribution in [0.3, 0.4) is 0 Å². The number of carbonyl (C=O) groups excluding carboxylic acids is 2. The minimum Gasteiger partial charge on any atom is -0.394 e. The first-order valence-corrected chi connectivity index (χ1v) is 7.68. The van der Waals surface area contributed by atoms with Gasteiger partial charge in [-0.1, -0.05) is 30.3 Å². The molecule has 1 unspecified atom stereocenters. The zero-order chi connectivity index (χ0) is 15.8. The second-order valence-electron chi connectivity index (χ2n) is 5.38. The number of likely N-dealkylation sites (tertiary alicyclic amines) is 1. The summed E-state index contributed by atoms with van der Waals surface area (Å²) in [4.78, 5) is 25.1. The number of carbonyl (C=O) groups is 2. The summed E-state index contributed by atoms with van der Waals surface area (Å²) >= 11 is 0. The summed E-state index contributed by atoms with van der Waals surface area (Å²) in [7, 11) is 0. The van der Waals surface area contributed by atoms with E-state index in [2.05, 4.69) is 10.6 Å². The molecular weight excluding hydrogens is 282 g/mol. The Morgan fingerprint density at radius 2 is 2.09 bits per heavy atom. The van der Waals surface area contributed by atoms with Crippen molar-refractivity contribution in [3.63, 3.8) is 0 Å². The number of nitrogens with zero attached hydrogens (tertiary/aromatic N) is 1. The van der Waals surface area contributed by atoms with Crippen LogP contribution in [0.1, 0.15) is 30.9 Å². The molecule has 0 aromatic heterocycles. The van der Waals surface area contributed by atoms with Crippen molar-refractivity contribution in [1.82, 2.24) is 15.5 Å². The number of hydrogen-bond donors (Lipinski definition) is 3. The fourth-order valence-electron chi connectivity index (χ4n) is 2.54. The van der Waals surface area contributed by atoms with Gasteiger partial charge in [-0.15, -0.1) is 0 Å². The van der Waals surface area contributed by atoms with Crippen LogP contribution in [0.5, 0.6) is 0 Å². The van der Waals surface area contributed by atoms with Gasteiger partial charge >= 0.3 is 6.03 Å². The van der Waals surface area contributed by atoms with Gasteiger partial charge < -0.3 is 20.6 Å². The van der Waals surface area contributed by atoms with Crippen LogP contribution in [0.4, 0.5) is 4.79 Å². The molecule has 0 saturated carbocycles.